The van der Waals surface area contributed by atoms with Gasteiger partial charge in [0.25, 0.3) is 11.1 Å². The number of rotatable bonds is 7. The van der Waals surface area contributed by atoms with E-state index in [-0.39, 0.29) is 11.7 Å². The van der Waals surface area contributed by atoms with Crippen molar-refractivity contribution in [3.8, 4) is 10.9 Å². The fourth-order valence-electron chi connectivity index (χ4n) is 2.69. The normalized spacial score (nSPS) is 10.6. The van der Waals surface area contributed by atoms with E-state index in [0.717, 1.165) is 22.8 Å². The molecule has 2 aromatic carbocycles. The fraction of sp³-hybridized carbons (Fsp3) is 0.0909. The molecule has 0 aliphatic rings. The highest BCUT2D eigenvalue weighted by Gasteiger charge is 2.09. The zero-order chi connectivity index (χ0) is 20.8. The molecule has 4 rings (SSSR count). The Kier molecular flexibility index (Phi) is 6.05. The van der Waals surface area contributed by atoms with E-state index in [2.05, 4.69) is 19.7 Å². The molecule has 6 nitrogen and oxygen atoms in total. The molecule has 1 N–H and O–H groups in total. The lowest BCUT2D eigenvalue weighted by Gasteiger charge is -2.06. The van der Waals surface area contributed by atoms with Crippen LogP contribution in [0.3, 0.4) is 0 Å². The summed E-state index contributed by atoms with van der Waals surface area (Å²) in [6, 6.07) is 18.6. The average molecular weight is 420 g/mol. The van der Waals surface area contributed by atoms with Crippen LogP contribution in [0.25, 0.3) is 0 Å². The molecule has 0 unspecified atom stereocenters. The number of hydrogen-bond acceptors (Lipinski definition) is 6. The van der Waals surface area contributed by atoms with Crippen molar-refractivity contribution in [2.45, 2.75) is 13.0 Å². The molecule has 0 bridgehead atoms. The van der Waals surface area contributed by atoms with Crippen molar-refractivity contribution in [2.24, 2.45) is 0 Å². The third-order valence-electron chi connectivity index (χ3n) is 4.20. The Morgan fingerprint density at radius 2 is 1.83 bits per heavy atom. The van der Waals surface area contributed by atoms with Gasteiger partial charge < -0.3 is 10.1 Å². The minimum Gasteiger partial charge on any atom is -0.430 e. The maximum Gasteiger partial charge on any atom is 0.298 e. The molecule has 0 fully saturated rings. The predicted octanol–water partition coefficient (Wildman–Crippen LogP) is 4.39. The van der Waals surface area contributed by atoms with Crippen LogP contribution in [-0.4, -0.2) is 20.2 Å². The van der Waals surface area contributed by atoms with Crippen LogP contribution in [0.4, 0.5) is 4.39 Å². The van der Waals surface area contributed by atoms with Crippen molar-refractivity contribution in [3.05, 3.63) is 101 Å². The highest BCUT2D eigenvalue weighted by molar-refractivity contribution is 7.07. The molecule has 0 atom stereocenters. The summed E-state index contributed by atoms with van der Waals surface area (Å²) in [5.74, 6) is 0.695. The lowest BCUT2D eigenvalue weighted by molar-refractivity contribution is 0.0950. The van der Waals surface area contributed by atoms with Crippen molar-refractivity contribution in [3.63, 3.8) is 0 Å². The molecular weight excluding hydrogens is 403 g/mol. The Labute approximate surface area is 176 Å². The monoisotopic (exact) mass is 420 g/mol. The molecule has 0 saturated heterocycles. The van der Waals surface area contributed by atoms with Crippen LogP contribution in [0.1, 0.15) is 27.4 Å². The number of benzene rings is 2. The van der Waals surface area contributed by atoms with Gasteiger partial charge >= 0.3 is 0 Å². The Hall–Kier alpha value is -3.65. The average Bonchev–Trinajstić information content (AvgIpc) is 3.21. The van der Waals surface area contributed by atoms with Gasteiger partial charge in [0.05, 0.1) is 12.2 Å². The number of carbonyl (C=O) groups is 1. The predicted molar refractivity (Wildman–Crippen MR) is 111 cm³/mol. The summed E-state index contributed by atoms with van der Waals surface area (Å²) in [6.07, 6.45) is 2.18. The molecule has 2 heterocycles. The number of amides is 1. The van der Waals surface area contributed by atoms with Crippen LogP contribution < -0.4 is 10.1 Å². The molecule has 0 aliphatic carbocycles. The molecule has 0 radical (unpaired) electrons. The van der Waals surface area contributed by atoms with Crippen LogP contribution in [-0.2, 0) is 13.0 Å². The topological polar surface area (TPSA) is 77.0 Å². The van der Waals surface area contributed by atoms with Crippen molar-refractivity contribution < 1.29 is 13.9 Å². The van der Waals surface area contributed by atoms with Crippen molar-refractivity contribution in [2.75, 3.05) is 0 Å². The molecule has 0 spiro atoms. The van der Waals surface area contributed by atoms with Gasteiger partial charge in [0.1, 0.15) is 11.6 Å². The first-order chi connectivity index (χ1) is 14.7. The lowest BCUT2D eigenvalue weighted by Crippen LogP contribution is -2.23. The van der Waals surface area contributed by atoms with E-state index in [9.17, 15) is 9.18 Å². The molecule has 2 aromatic heterocycles. The highest BCUT2D eigenvalue weighted by atomic mass is 32.1. The number of halogens is 1. The van der Waals surface area contributed by atoms with E-state index in [1.165, 1.54) is 12.1 Å². The van der Waals surface area contributed by atoms with Crippen LogP contribution in [0.15, 0.2) is 72.9 Å². The number of ether oxygens (including phenoxy) is 1. The van der Waals surface area contributed by atoms with Crippen LogP contribution in [0.2, 0.25) is 0 Å². The van der Waals surface area contributed by atoms with Gasteiger partial charge in [-0.3, -0.25) is 9.78 Å². The van der Waals surface area contributed by atoms with Crippen molar-refractivity contribution in [1.29, 1.82) is 0 Å². The maximum atomic E-state index is 13.0. The smallest absolute Gasteiger partial charge is 0.298 e. The van der Waals surface area contributed by atoms with E-state index in [1.807, 2.05) is 18.2 Å². The summed E-state index contributed by atoms with van der Waals surface area (Å²) in [4.78, 5) is 20.8. The molecule has 30 heavy (non-hydrogen) atoms. The third-order valence-corrected chi connectivity index (χ3v) is 4.84. The van der Waals surface area contributed by atoms with Crippen LogP contribution >= 0.6 is 11.5 Å². The van der Waals surface area contributed by atoms with Crippen molar-refractivity contribution in [1.82, 2.24) is 19.7 Å². The first kappa shape index (κ1) is 19.7. The van der Waals surface area contributed by atoms with E-state index in [4.69, 9.17) is 4.74 Å². The summed E-state index contributed by atoms with van der Waals surface area (Å²) < 4.78 is 23.0. The standard InChI is InChI=1S/C22H17FN4O2S/c23-17-8-4-15(5-9-17)13-20-26-22(30-27-20)29-19-10-6-16(7-11-19)21(28)25-14-18-3-1-2-12-24-18/h1-12H,13-14H2,(H,25,28). The summed E-state index contributed by atoms with van der Waals surface area (Å²) in [7, 11) is 0. The van der Waals surface area contributed by atoms with Crippen molar-refractivity contribution >= 4 is 17.4 Å². The summed E-state index contributed by atoms with van der Waals surface area (Å²) in [5, 5.41) is 3.23. The van der Waals surface area contributed by atoms with Gasteiger partial charge in [-0.15, -0.1) is 0 Å². The molecule has 150 valence electrons. The van der Waals surface area contributed by atoms with E-state index in [0.29, 0.717) is 35.3 Å². The van der Waals surface area contributed by atoms with Gasteiger partial charge in [-0.2, -0.15) is 9.36 Å². The number of nitrogens with one attached hydrogen (secondary N) is 1. The zero-order valence-corrected chi connectivity index (χ0v) is 16.6. The van der Waals surface area contributed by atoms with Gasteiger partial charge in [-0.25, -0.2) is 4.39 Å². The Balaban J connectivity index is 1.32. The van der Waals surface area contributed by atoms with Gasteiger partial charge in [-0.05, 0) is 54.1 Å². The largest absolute Gasteiger partial charge is 0.430 e. The number of hydrogen-bond donors (Lipinski definition) is 1. The minimum absolute atomic E-state index is 0.190. The Bertz CT molecular complexity index is 1120. The Morgan fingerprint density at radius 3 is 2.57 bits per heavy atom. The quantitative estimate of drug-likeness (QED) is 0.480. The fourth-order valence-corrected chi connectivity index (χ4v) is 3.26. The zero-order valence-electron chi connectivity index (χ0n) is 15.8. The summed E-state index contributed by atoms with van der Waals surface area (Å²) >= 11 is 1.14. The minimum atomic E-state index is -0.275. The molecule has 0 aliphatic heterocycles. The first-order valence-electron chi connectivity index (χ1n) is 9.19. The number of carbonyl (C=O) groups excluding carboxylic acids is 1. The van der Waals surface area contributed by atoms with E-state index >= 15 is 0 Å². The highest BCUT2D eigenvalue weighted by Crippen LogP contribution is 2.24. The van der Waals surface area contributed by atoms with Gasteiger partial charge in [0.2, 0.25) is 0 Å². The molecule has 4 aromatic rings. The molecule has 1 amide bonds. The second-order valence-corrected chi connectivity index (χ2v) is 7.12. The van der Waals surface area contributed by atoms with E-state index in [1.54, 1.807) is 42.6 Å². The summed E-state index contributed by atoms with van der Waals surface area (Å²) in [6.45, 7) is 0.361. The number of nitrogens with zero attached hydrogens (tertiary/aromatic N) is 3. The maximum absolute atomic E-state index is 13.0. The lowest BCUT2D eigenvalue weighted by atomic mass is 10.1. The van der Waals surface area contributed by atoms with Gasteiger partial charge in [0, 0.05) is 29.7 Å². The first-order valence-corrected chi connectivity index (χ1v) is 9.96. The number of pyridine rings is 1. The number of aromatic nitrogens is 3. The van der Waals surface area contributed by atoms with Crippen LogP contribution in [0.5, 0.6) is 10.9 Å². The van der Waals surface area contributed by atoms with E-state index < -0.39 is 0 Å². The van der Waals surface area contributed by atoms with Gasteiger partial charge in [-0.1, -0.05) is 18.2 Å². The van der Waals surface area contributed by atoms with Crippen LogP contribution in [0, 0.1) is 5.82 Å². The second-order valence-electron chi connectivity index (χ2n) is 6.41. The molecule has 0 saturated carbocycles. The third kappa shape index (κ3) is 5.24. The molecule has 8 heteroatoms. The molecular formula is C22H17FN4O2S. The Morgan fingerprint density at radius 1 is 1.03 bits per heavy atom. The van der Waals surface area contributed by atoms with Gasteiger partial charge in [0.15, 0.2) is 5.82 Å². The SMILES string of the molecule is O=C(NCc1ccccn1)c1ccc(Oc2nc(Cc3ccc(F)cc3)ns2)cc1. The second kappa shape index (κ2) is 9.23. The summed E-state index contributed by atoms with van der Waals surface area (Å²) in [5.41, 5.74) is 2.23.